The summed E-state index contributed by atoms with van der Waals surface area (Å²) in [5, 5.41) is 0. The zero-order chi connectivity index (χ0) is 16.0. The molecule has 0 saturated carbocycles. The third kappa shape index (κ3) is 3.94. The lowest BCUT2D eigenvalue weighted by atomic mass is 9.93. The van der Waals surface area contributed by atoms with Gasteiger partial charge in [0.05, 0.1) is 12.2 Å². The molecule has 0 radical (unpaired) electrons. The lowest BCUT2D eigenvalue weighted by Gasteiger charge is -2.25. The molecule has 0 N–H and O–H groups in total. The number of halogens is 2. The van der Waals surface area contributed by atoms with Crippen LogP contribution in [-0.2, 0) is 10.4 Å². The number of hydrogen-bond donors (Lipinski definition) is 0. The van der Waals surface area contributed by atoms with Crippen LogP contribution in [0.2, 0.25) is 0 Å². The Kier molecular flexibility index (Phi) is 5.71. The zero-order valence-corrected chi connectivity index (χ0v) is 14.1. The molecular weight excluding hydrogens is 394 g/mol. The molecule has 2 aromatic rings. The Morgan fingerprint density at radius 1 is 1.09 bits per heavy atom. The van der Waals surface area contributed by atoms with Crippen molar-refractivity contribution in [2.45, 2.75) is 12.1 Å². The van der Waals surface area contributed by atoms with Crippen molar-refractivity contribution in [2.75, 3.05) is 6.61 Å². The third-order valence-electron chi connectivity index (χ3n) is 3.35. The Labute approximate surface area is 143 Å². The lowest BCUT2D eigenvalue weighted by molar-refractivity contribution is 0.0436. The van der Waals surface area contributed by atoms with Crippen LogP contribution < -0.4 is 0 Å². The van der Waals surface area contributed by atoms with Crippen LogP contribution in [-0.4, -0.2) is 12.6 Å². The minimum atomic E-state index is -1.71. The van der Waals surface area contributed by atoms with Crippen molar-refractivity contribution < 1.29 is 13.9 Å². The van der Waals surface area contributed by atoms with Gasteiger partial charge in [-0.05, 0) is 40.3 Å². The van der Waals surface area contributed by atoms with E-state index in [2.05, 4.69) is 6.58 Å². The minimum absolute atomic E-state index is 0.0128. The van der Waals surface area contributed by atoms with Gasteiger partial charge in [-0.25, -0.2) is 9.18 Å². The Balaban J connectivity index is 2.02. The van der Waals surface area contributed by atoms with E-state index in [1.807, 2.05) is 34.7 Å². The van der Waals surface area contributed by atoms with Gasteiger partial charge >= 0.3 is 5.97 Å². The summed E-state index contributed by atoms with van der Waals surface area (Å²) in [5.74, 6) is -0.449. The molecule has 0 spiro atoms. The summed E-state index contributed by atoms with van der Waals surface area (Å²) in [6.45, 7) is 3.72. The largest absolute Gasteiger partial charge is 0.462 e. The summed E-state index contributed by atoms with van der Waals surface area (Å²) >= 11 is 1.88. The number of benzene rings is 2. The van der Waals surface area contributed by atoms with Crippen LogP contribution in [0.25, 0.3) is 0 Å². The molecular formula is C18H16FIO2. The van der Waals surface area contributed by atoms with E-state index in [1.54, 1.807) is 48.5 Å². The van der Waals surface area contributed by atoms with Gasteiger partial charge in [-0.1, -0.05) is 55.1 Å². The van der Waals surface area contributed by atoms with Crippen LogP contribution in [0.1, 0.15) is 22.3 Å². The molecule has 0 aliphatic heterocycles. The van der Waals surface area contributed by atoms with E-state index in [9.17, 15) is 4.79 Å². The van der Waals surface area contributed by atoms with E-state index in [1.165, 1.54) is 0 Å². The highest BCUT2D eigenvalue weighted by Gasteiger charge is 2.34. The predicted octanol–water partition coefficient (Wildman–Crippen LogP) is 5.05. The number of allylic oxidation sites excluding steroid dienone is 1. The molecule has 0 amide bonds. The molecule has 0 fully saturated rings. The molecule has 114 valence electrons. The first kappa shape index (κ1) is 16.7. The van der Waals surface area contributed by atoms with Gasteiger partial charge in [0.1, 0.15) is 0 Å². The molecule has 0 bridgehead atoms. The maximum absolute atomic E-state index is 15.2. The molecule has 0 aliphatic rings. The average Bonchev–Trinajstić information content (AvgIpc) is 2.56. The molecule has 1 atom stereocenters. The Hall–Kier alpha value is -1.69. The van der Waals surface area contributed by atoms with Gasteiger partial charge in [-0.3, -0.25) is 0 Å². The Bertz CT molecular complexity index is 643. The molecule has 1 unspecified atom stereocenters. The van der Waals surface area contributed by atoms with Crippen molar-refractivity contribution in [1.29, 1.82) is 0 Å². The number of carbonyl (C=O) groups excluding carboxylic acids is 1. The summed E-state index contributed by atoms with van der Waals surface area (Å²) < 4.78 is 20.7. The SMILES string of the molecule is C=C(I)C(F)(CCOC(=O)c1ccccc1)c1ccccc1. The van der Waals surface area contributed by atoms with Crippen LogP contribution in [0.5, 0.6) is 0 Å². The first-order chi connectivity index (χ1) is 10.5. The van der Waals surface area contributed by atoms with Crippen LogP contribution >= 0.6 is 22.6 Å². The van der Waals surface area contributed by atoms with Crippen molar-refractivity contribution >= 4 is 28.6 Å². The first-order valence-corrected chi connectivity index (χ1v) is 7.93. The fourth-order valence-electron chi connectivity index (χ4n) is 2.08. The van der Waals surface area contributed by atoms with Gasteiger partial charge in [0.25, 0.3) is 0 Å². The molecule has 0 aliphatic carbocycles. The summed E-state index contributed by atoms with van der Waals surface area (Å²) in [6, 6.07) is 17.5. The summed E-state index contributed by atoms with van der Waals surface area (Å²) in [7, 11) is 0. The predicted molar refractivity (Wildman–Crippen MR) is 93.7 cm³/mol. The van der Waals surface area contributed by atoms with E-state index < -0.39 is 11.6 Å². The van der Waals surface area contributed by atoms with E-state index in [-0.39, 0.29) is 13.0 Å². The molecule has 22 heavy (non-hydrogen) atoms. The highest BCUT2D eigenvalue weighted by Crippen LogP contribution is 2.39. The van der Waals surface area contributed by atoms with Crippen LogP contribution in [0.3, 0.4) is 0 Å². The number of rotatable bonds is 6. The van der Waals surface area contributed by atoms with E-state index >= 15 is 4.39 Å². The first-order valence-electron chi connectivity index (χ1n) is 6.85. The monoisotopic (exact) mass is 410 g/mol. The molecule has 2 aromatic carbocycles. The fourth-order valence-corrected chi connectivity index (χ4v) is 2.66. The second-order valence-electron chi connectivity index (χ2n) is 4.82. The normalized spacial score (nSPS) is 13.2. The maximum Gasteiger partial charge on any atom is 0.338 e. The van der Waals surface area contributed by atoms with Gasteiger partial charge in [0.15, 0.2) is 5.67 Å². The van der Waals surface area contributed by atoms with Crippen LogP contribution in [0, 0.1) is 0 Å². The van der Waals surface area contributed by atoms with Crippen molar-refractivity contribution in [1.82, 2.24) is 0 Å². The van der Waals surface area contributed by atoms with Crippen LogP contribution in [0.15, 0.2) is 70.8 Å². The van der Waals surface area contributed by atoms with E-state index in [0.717, 1.165) is 0 Å². The summed E-state index contributed by atoms with van der Waals surface area (Å²) in [6.07, 6.45) is 0.0390. The lowest BCUT2D eigenvalue weighted by Crippen LogP contribution is -2.23. The van der Waals surface area contributed by atoms with Gasteiger partial charge in [-0.2, -0.15) is 0 Å². The van der Waals surface area contributed by atoms with Crippen molar-refractivity contribution in [3.05, 3.63) is 81.9 Å². The fraction of sp³-hybridized carbons (Fsp3) is 0.167. The second-order valence-corrected chi connectivity index (χ2v) is 6.13. The molecule has 4 heteroatoms. The average molecular weight is 410 g/mol. The van der Waals surface area contributed by atoms with E-state index in [0.29, 0.717) is 14.7 Å². The summed E-state index contributed by atoms with van der Waals surface area (Å²) in [4.78, 5) is 11.9. The minimum Gasteiger partial charge on any atom is -0.462 e. The van der Waals surface area contributed by atoms with E-state index in [4.69, 9.17) is 4.74 Å². The Morgan fingerprint density at radius 2 is 1.64 bits per heavy atom. The topological polar surface area (TPSA) is 26.3 Å². The molecule has 0 aromatic heterocycles. The van der Waals surface area contributed by atoms with Gasteiger partial charge in [0, 0.05) is 10.0 Å². The Morgan fingerprint density at radius 3 is 2.18 bits per heavy atom. The van der Waals surface area contributed by atoms with Gasteiger partial charge in [-0.15, -0.1) is 0 Å². The molecule has 0 saturated heterocycles. The smallest absolute Gasteiger partial charge is 0.338 e. The standard InChI is InChI=1S/C18H16FIO2/c1-14(20)18(19,16-10-6-3-7-11-16)12-13-22-17(21)15-8-4-2-5-9-15/h2-11H,1,12-13H2. The van der Waals surface area contributed by atoms with Crippen molar-refractivity contribution in [2.24, 2.45) is 0 Å². The second kappa shape index (κ2) is 7.54. The number of carbonyl (C=O) groups is 1. The van der Waals surface area contributed by atoms with Crippen molar-refractivity contribution in [3.63, 3.8) is 0 Å². The highest BCUT2D eigenvalue weighted by atomic mass is 127. The summed E-state index contributed by atoms with van der Waals surface area (Å²) in [5.41, 5.74) is -0.733. The number of ether oxygens (including phenoxy) is 1. The molecule has 2 rings (SSSR count). The number of hydrogen-bond acceptors (Lipinski definition) is 2. The van der Waals surface area contributed by atoms with Gasteiger partial charge in [0.2, 0.25) is 0 Å². The zero-order valence-electron chi connectivity index (χ0n) is 12.0. The number of esters is 1. The van der Waals surface area contributed by atoms with Gasteiger partial charge < -0.3 is 4.74 Å². The maximum atomic E-state index is 15.2. The van der Waals surface area contributed by atoms with Crippen LogP contribution in [0.4, 0.5) is 4.39 Å². The highest BCUT2D eigenvalue weighted by molar-refractivity contribution is 14.1. The molecule has 0 heterocycles. The third-order valence-corrected chi connectivity index (χ3v) is 4.21. The molecule has 2 nitrogen and oxygen atoms in total. The van der Waals surface area contributed by atoms with Crippen molar-refractivity contribution in [3.8, 4) is 0 Å². The number of alkyl halides is 1. The quantitative estimate of drug-likeness (QED) is 0.492.